The van der Waals surface area contributed by atoms with Crippen LogP contribution in [-0.2, 0) is 4.79 Å². The van der Waals surface area contributed by atoms with Crippen LogP contribution in [0.3, 0.4) is 0 Å². The van der Waals surface area contributed by atoms with Gasteiger partial charge in [-0.15, -0.1) is 11.8 Å². The van der Waals surface area contributed by atoms with Crippen molar-refractivity contribution < 1.29 is 9.59 Å². The minimum Gasteiger partial charge on any atom is -0.322 e. The Labute approximate surface area is 172 Å². The Morgan fingerprint density at radius 2 is 1.75 bits per heavy atom. The van der Waals surface area contributed by atoms with Crippen molar-refractivity contribution in [1.82, 2.24) is 0 Å². The van der Waals surface area contributed by atoms with Gasteiger partial charge in [-0.1, -0.05) is 48.0 Å². The van der Waals surface area contributed by atoms with Gasteiger partial charge in [0.05, 0.1) is 5.75 Å². The van der Waals surface area contributed by atoms with Gasteiger partial charge in [0.15, 0.2) is 0 Å². The molecule has 1 aliphatic rings. The molecule has 0 spiro atoms. The molecular formula is C22H17ClN2O2S. The second-order valence-corrected chi connectivity index (χ2v) is 7.85. The van der Waals surface area contributed by atoms with Crippen LogP contribution in [0.5, 0.6) is 0 Å². The highest BCUT2D eigenvalue weighted by atomic mass is 35.5. The predicted molar refractivity (Wildman–Crippen MR) is 115 cm³/mol. The molecule has 140 valence electrons. The third-order valence-corrected chi connectivity index (χ3v) is 5.89. The van der Waals surface area contributed by atoms with E-state index in [2.05, 4.69) is 5.32 Å². The molecule has 4 nitrogen and oxygen atoms in total. The van der Waals surface area contributed by atoms with Crippen molar-refractivity contribution in [3.05, 3.63) is 95.0 Å². The summed E-state index contributed by atoms with van der Waals surface area (Å²) in [6, 6.07) is 24.1. The van der Waals surface area contributed by atoms with Crippen LogP contribution in [0.15, 0.2) is 78.9 Å². The summed E-state index contributed by atoms with van der Waals surface area (Å²) in [5, 5.41) is 3.31. The lowest BCUT2D eigenvalue weighted by Gasteiger charge is -2.24. The molecule has 3 aromatic rings. The second-order valence-electron chi connectivity index (χ2n) is 6.35. The maximum atomic E-state index is 12.4. The summed E-state index contributed by atoms with van der Waals surface area (Å²) in [6.45, 7) is 0. The molecule has 4 rings (SSSR count). The number of nitrogens with one attached hydrogen (secondary N) is 1. The first-order valence-corrected chi connectivity index (χ1v) is 10.2. The van der Waals surface area contributed by atoms with E-state index in [1.54, 1.807) is 36.0 Å². The van der Waals surface area contributed by atoms with E-state index in [1.807, 2.05) is 59.5 Å². The first-order valence-electron chi connectivity index (χ1n) is 8.77. The lowest BCUT2D eigenvalue weighted by atomic mass is 10.1. The Bertz CT molecular complexity index is 1010. The molecule has 0 saturated carbocycles. The molecule has 0 radical (unpaired) electrons. The number of para-hydroxylation sites is 1. The van der Waals surface area contributed by atoms with Crippen LogP contribution in [0, 0.1) is 0 Å². The van der Waals surface area contributed by atoms with Gasteiger partial charge in [0, 0.05) is 22.0 Å². The number of hydrogen-bond acceptors (Lipinski definition) is 3. The van der Waals surface area contributed by atoms with E-state index in [1.165, 1.54) is 0 Å². The van der Waals surface area contributed by atoms with Gasteiger partial charge in [-0.3, -0.25) is 14.5 Å². The number of rotatable bonds is 4. The minimum absolute atomic E-state index is 0.0763. The van der Waals surface area contributed by atoms with E-state index >= 15 is 0 Å². The number of anilines is 2. The SMILES string of the molecule is O=C(Nc1ccc(C2SCC(=O)N2c2ccccc2)cc1)c1cccc(Cl)c1. The van der Waals surface area contributed by atoms with Gasteiger partial charge in [0.25, 0.3) is 5.91 Å². The smallest absolute Gasteiger partial charge is 0.255 e. The molecule has 28 heavy (non-hydrogen) atoms. The number of amides is 2. The van der Waals surface area contributed by atoms with E-state index in [9.17, 15) is 9.59 Å². The molecule has 0 aromatic heterocycles. The summed E-state index contributed by atoms with van der Waals surface area (Å²) in [5.41, 5.74) is 3.10. The summed E-state index contributed by atoms with van der Waals surface area (Å²) in [4.78, 5) is 26.6. The Morgan fingerprint density at radius 1 is 1.00 bits per heavy atom. The van der Waals surface area contributed by atoms with Crippen LogP contribution in [-0.4, -0.2) is 17.6 Å². The molecule has 6 heteroatoms. The summed E-state index contributed by atoms with van der Waals surface area (Å²) in [7, 11) is 0. The van der Waals surface area contributed by atoms with Crippen LogP contribution >= 0.6 is 23.4 Å². The van der Waals surface area contributed by atoms with E-state index in [0.717, 1.165) is 11.3 Å². The average molecular weight is 409 g/mol. The van der Waals surface area contributed by atoms with Crippen LogP contribution in [0.4, 0.5) is 11.4 Å². The Hall–Kier alpha value is -2.76. The molecule has 2 amide bonds. The number of hydrogen-bond donors (Lipinski definition) is 1. The maximum Gasteiger partial charge on any atom is 0.255 e. The van der Waals surface area contributed by atoms with Crippen molar-refractivity contribution in [2.75, 3.05) is 16.0 Å². The van der Waals surface area contributed by atoms with Crippen molar-refractivity contribution in [3.8, 4) is 0 Å². The molecule has 1 atom stereocenters. The third-order valence-electron chi connectivity index (χ3n) is 4.44. The Balaban J connectivity index is 1.51. The summed E-state index contributed by atoms with van der Waals surface area (Å²) >= 11 is 7.55. The zero-order valence-corrected chi connectivity index (χ0v) is 16.4. The third kappa shape index (κ3) is 3.91. The largest absolute Gasteiger partial charge is 0.322 e. The monoisotopic (exact) mass is 408 g/mol. The Kier molecular flexibility index (Phi) is 5.37. The zero-order chi connectivity index (χ0) is 19.5. The standard InChI is InChI=1S/C22H17ClN2O2S/c23-17-6-4-5-16(13-17)21(27)24-18-11-9-15(10-12-18)22-25(20(26)14-28-22)19-7-2-1-3-8-19/h1-13,22H,14H2,(H,24,27). The molecule has 1 fully saturated rings. The van der Waals surface area contributed by atoms with Crippen LogP contribution in [0.1, 0.15) is 21.3 Å². The van der Waals surface area contributed by atoms with Gasteiger partial charge < -0.3 is 5.32 Å². The first kappa shape index (κ1) is 18.6. The van der Waals surface area contributed by atoms with E-state index in [0.29, 0.717) is 22.0 Å². The topological polar surface area (TPSA) is 49.4 Å². The predicted octanol–water partition coefficient (Wildman–Crippen LogP) is 5.37. The Morgan fingerprint density at radius 3 is 2.46 bits per heavy atom. The van der Waals surface area contributed by atoms with E-state index in [-0.39, 0.29) is 17.2 Å². The highest BCUT2D eigenvalue weighted by Crippen LogP contribution is 2.41. The number of nitrogens with zero attached hydrogens (tertiary/aromatic N) is 1. The molecule has 0 aliphatic carbocycles. The molecule has 1 aliphatic heterocycles. The fourth-order valence-electron chi connectivity index (χ4n) is 3.10. The van der Waals surface area contributed by atoms with Crippen LogP contribution in [0.2, 0.25) is 5.02 Å². The van der Waals surface area contributed by atoms with Crippen molar-refractivity contribution >= 4 is 46.6 Å². The first-order chi connectivity index (χ1) is 13.6. The maximum absolute atomic E-state index is 12.4. The van der Waals surface area contributed by atoms with Crippen molar-refractivity contribution in [2.45, 2.75) is 5.37 Å². The quantitative estimate of drug-likeness (QED) is 0.631. The summed E-state index contributed by atoms with van der Waals surface area (Å²) < 4.78 is 0. The number of thioether (sulfide) groups is 1. The fraction of sp³-hybridized carbons (Fsp3) is 0.0909. The number of halogens is 1. The summed E-state index contributed by atoms with van der Waals surface area (Å²) in [5.74, 6) is 0.332. The van der Waals surface area contributed by atoms with E-state index in [4.69, 9.17) is 11.6 Å². The molecule has 3 aromatic carbocycles. The lowest BCUT2D eigenvalue weighted by molar-refractivity contribution is -0.115. The number of benzene rings is 3. The van der Waals surface area contributed by atoms with Gasteiger partial charge in [0.1, 0.15) is 5.37 Å². The highest BCUT2D eigenvalue weighted by Gasteiger charge is 2.33. The van der Waals surface area contributed by atoms with E-state index < -0.39 is 0 Å². The average Bonchev–Trinajstić information content (AvgIpc) is 3.10. The molecule has 1 N–H and O–H groups in total. The molecule has 0 bridgehead atoms. The molecule has 1 unspecified atom stereocenters. The van der Waals surface area contributed by atoms with Gasteiger partial charge in [-0.25, -0.2) is 0 Å². The lowest BCUT2D eigenvalue weighted by Crippen LogP contribution is -2.27. The van der Waals surface area contributed by atoms with Gasteiger partial charge in [0.2, 0.25) is 5.91 Å². The van der Waals surface area contributed by atoms with Crippen molar-refractivity contribution in [1.29, 1.82) is 0 Å². The normalized spacial score (nSPS) is 16.2. The molecule has 1 heterocycles. The molecular weight excluding hydrogens is 392 g/mol. The highest BCUT2D eigenvalue weighted by molar-refractivity contribution is 8.00. The van der Waals surface area contributed by atoms with Gasteiger partial charge in [-0.2, -0.15) is 0 Å². The number of carbonyl (C=O) groups is 2. The fourth-order valence-corrected chi connectivity index (χ4v) is 4.47. The van der Waals surface area contributed by atoms with Crippen LogP contribution < -0.4 is 10.2 Å². The van der Waals surface area contributed by atoms with Crippen molar-refractivity contribution in [3.63, 3.8) is 0 Å². The van der Waals surface area contributed by atoms with Crippen molar-refractivity contribution in [2.24, 2.45) is 0 Å². The zero-order valence-electron chi connectivity index (χ0n) is 14.8. The van der Waals surface area contributed by atoms with Gasteiger partial charge in [-0.05, 0) is 48.0 Å². The summed E-state index contributed by atoms with van der Waals surface area (Å²) in [6.07, 6.45) is 0. The second kappa shape index (κ2) is 8.09. The number of carbonyl (C=O) groups excluding carboxylic acids is 2. The minimum atomic E-state index is -0.216. The molecule has 1 saturated heterocycles. The van der Waals surface area contributed by atoms with Crippen LogP contribution in [0.25, 0.3) is 0 Å². The van der Waals surface area contributed by atoms with Gasteiger partial charge >= 0.3 is 0 Å².